The van der Waals surface area contributed by atoms with Crippen LogP contribution >= 0.6 is 0 Å². The van der Waals surface area contributed by atoms with Gasteiger partial charge in [0.05, 0.1) is 13.0 Å². The van der Waals surface area contributed by atoms with E-state index >= 15 is 0 Å². The molecule has 1 saturated heterocycles. The van der Waals surface area contributed by atoms with Gasteiger partial charge in [0.15, 0.2) is 0 Å². The van der Waals surface area contributed by atoms with Crippen LogP contribution in [-0.2, 0) is 14.4 Å². The van der Waals surface area contributed by atoms with Crippen molar-refractivity contribution in [2.45, 2.75) is 38.5 Å². The van der Waals surface area contributed by atoms with E-state index in [4.69, 9.17) is 5.11 Å². The van der Waals surface area contributed by atoms with Gasteiger partial charge >= 0.3 is 5.97 Å². The molecule has 106 valence electrons. The monoisotopic (exact) mass is 268 g/mol. The Balaban J connectivity index is 1.76. The van der Waals surface area contributed by atoms with E-state index in [1.54, 1.807) is 4.90 Å². The molecule has 2 rings (SSSR count). The molecular weight excluding hydrogens is 248 g/mol. The van der Waals surface area contributed by atoms with Crippen LogP contribution in [-0.4, -0.2) is 47.4 Å². The van der Waals surface area contributed by atoms with Crippen LogP contribution in [0.5, 0.6) is 0 Å². The minimum absolute atomic E-state index is 0.0269. The number of carboxylic acids is 1. The molecule has 19 heavy (non-hydrogen) atoms. The number of carbonyl (C=O) groups excluding carboxylic acids is 2. The Labute approximate surface area is 112 Å². The molecule has 0 bridgehead atoms. The van der Waals surface area contributed by atoms with Crippen LogP contribution in [0.2, 0.25) is 0 Å². The van der Waals surface area contributed by atoms with Gasteiger partial charge in [-0.1, -0.05) is 6.42 Å². The number of hydrogen-bond acceptors (Lipinski definition) is 3. The first-order valence-electron chi connectivity index (χ1n) is 6.77. The Kier molecular flexibility index (Phi) is 4.07. The zero-order chi connectivity index (χ0) is 13.9. The Morgan fingerprint density at radius 3 is 2.53 bits per heavy atom. The molecule has 6 heteroatoms. The van der Waals surface area contributed by atoms with E-state index in [0.29, 0.717) is 19.5 Å². The fourth-order valence-electron chi connectivity index (χ4n) is 2.80. The van der Waals surface area contributed by atoms with Crippen LogP contribution in [0.25, 0.3) is 0 Å². The summed E-state index contributed by atoms with van der Waals surface area (Å²) in [4.78, 5) is 35.5. The summed E-state index contributed by atoms with van der Waals surface area (Å²) < 4.78 is 0. The molecule has 0 radical (unpaired) electrons. The summed E-state index contributed by atoms with van der Waals surface area (Å²) in [5.41, 5.74) is -0.267. The molecule has 0 aromatic heterocycles. The van der Waals surface area contributed by atoms with Gasteiger partial charge < -0.3 is 15.3 Å². The third-order valence-electron chi connectivity index (χ3n) is 4.11. The van der Waals surface area contributed by atoms with Crippen LogP contribution in [0.4, 0.5) is 0 Å². The Bertz CT molecular complexity index is 390. The van der Waals surface area contributed by atoms with Crippen molar-refractivity contribution >= 4 is 17.8 Å². The number of carboxylic acid groups (broad SMARTS) is 1. The zero-order valence-corrected chi connectivity index (χ0v) is 11.0. The minimum atomic E-state index is -0.816. The lowest BCUT2D eigenvalue weighted by Crippen LogP contribution is -2.46. The van der Waals surface area contributed by atoms with Crippen molar-refractivity contribution in [3.8, 4) is 0 Å². The SMILES string of the molecule is O=C(O)CC1(CNC(=O)CN2CCCC2=O)CCC1. The maximum absolute atomic E-state index is 11.8. The summed E-state index contributed by atoms with van der Waals surface area (Å²) in [6.45, 7) is 1.15. The van der Waals surface area contributed by atoms with Crippen molar-refractivity contribution in [2.75, 3.05) is 19.6 Å². The van der Waals surface area contributed by atoms with Gasteiger partial charge in [-0.2, -0.15) is 0 Å². The van der Waals surface area contributed by atoms with E-state index in [9.17, 15) is 14.4 Å². The zero-order valence-electron chi connectivity index (χ0n) is 11.0. The molecule has 0 spiro atoms. The largest absolute Gasteiger partial charge is 0.481 e. The average molecular weight is 268 g/mol. The molecule has 1 saturated carbocycles. The molecule has 2 aliphatic rings. The average Bonchev–Trinajstić information content (AvgIpc) is 2.68. The van der Waals surface area contributed by atoms with E-state index in [1.807, 2.05) is 0 Å². The third kappa shape index (κ3) is 3.45. The van der Waals surface area contributed by atoms with Crippen LogP contribution in [0.3, 0.4) is 0 Å². The predicted molar refractivity (Wildman–Crippen MR) is 67.4 cm³/mol. The van der Waals surface area contributed by atoms with E-state index in [0.717, 1.165) is 25.7 Å². The lowest BCUT2D eigenvalue weighted by molar-refractivity contribution is -0.142. The topological polar surface area (TPSA) is 86.7 Å². The van der Waals surface area contributed by atoms with Crippen molar-refractivity contribution in [3.05, 3.63) is 0 Å². The number of nitrogens with zero attached hydrogens (tertiary/aromatic N) is 1. The van der Waals surface area contributed by atoms with Gasteiger partial charge in [0, 0.05) is 19.5 Å². The highest BCUT2D eigenvalue weighted by atomic mass is 16.4. The van der Waals surface area contributed by atoms with Gasteiger partial charge in [0.25, 0.3) is 0 Å². The number of nitrogens with one attached hydrogen (secondary N) is 1. The summed E-state index contributed by atoms with van der Waals surface area (Å²) in [6.07, 6.45) is 4.17. The number of aliphatic carboxylic acids is 1. The lowest BCUT2D eigenvalue weighted by atomic mass is 9.66. The predicted octanol–water partition coefficient (Wildman–Crippen LogP) is 0.370. The molecular formula is C13H20N2O4. The van der Waals surface area contributed by atoms with Crippen LogP contribution in [0, 0.1) is 5.41 Å². The molecule has 6 nitrogen and oxygen atoms in total. The molecule has 0 atom stereocenters. The van der Waals surface area contributed by atoms with E-state index in [1.165, 1.54) is 0 Å². The lowest BCUT2D eigenvalue weighted by Gasteiger charge is -2.40. The first kappa shape index (κ1) is 13.8. The number of hydrogen-bond donors (Lipinski definition) is 2. The third-order valence-corrected chi connectivity index (χ3v) is 4.11. The van der Waals surface area contributed by atoms with Crippen LogP contribution in [0.1, 0.15) is 38.5 Å². The van der Waals surface area contributed by atoms with E-state index < -0.39 is 5.97 Å². The second-order valence-electron chi connectivity index (χ2n) is 5.62. The van der Waals surface area contributed by atoms with Gasteiger partial charge in [0.2, 0.25) is 11.8 Å². The second-order valence-corrected chi connectivity index (χ2v) is 5.62. The molecule has 0 aromatic carbocycles. The van der Waals surface area contributed by atoms with E-state index in [2.05, 4.69) is 5.32 Å². The first-order valence-corrected chi connectivity index (χ1v) is 6.77. The summed E-state index contributed by atoms with van der Waals surface area (Å²) in [5.74, 6) is -0.977. The van der Waals surface area contributed by atoms with Crippen molar-refractivity contribution in [3.63, 3.8) is 0 Å². The highest BCUT2D eigenvalue weighted by Crippen LogP contribution is 2.43. The van der Waals surface area contributed by atoms with Gasteiger partial charge in [-0.05, 0) is 24.7 Å². The molecule has 0 aromatic rings. The number of amides is 2. The molecule has 1 heterocycles. The molecule has 1 aliphatic heterocycles. The van der Waals surface area contributed by atoms with Crippen LogP contribution < -0.4 is 5.32 Å². The molecule has 1 aliphatic carbocycles. The maximum atomic E-state index is 11.8. The standard InChI is InChI=1S/C13H20N2O4/c16-10(8-15-6-1-3-11(15)17)14-9-13(4-2-5-13)7-12(18)19/h1-9H2,(H,14,16)(H,18,19). The van der Waals surface area contributed by atoms with Gasteiger partial charge in [-0.15, -0.1) is 0 Å². The first-order chi connectivity index (χ1) is 9.01. The van der Waals surface area contributed by atoms with Crippen molar-refractivity contribution in [1.82, 2.24) is 10.2 Å². The number of rotatable bonds is 6. The smallest absolute Gasteiger partial charge is 0.303 e. The van der Waals surface area contributed by atoms with Crippen molar-refractivity contribution < 1.29 is 19.5 Å². The Morgan fingerprint density at radius 2 is 2.05 bits per heavy atom. The van der Waals surface area contributed by atoms with Gasteiger partial charge in [0.1, 0.15) is 0 Å². The fraction of sp³-hybridized carbons (Fsp3) is 0.769. The van der Waals surface area contributed by atoms with Crippen molar-refractivity contribution in [2.24, 2.45) is 5.41 Å². The maximum Gasteiger partial charge on any atom is 0.303 e. The normalized spacial score (nSPS) is 21.1. The minimum Gasteiger partial charge on any atom is -0.481 e. The highest BCUT2D eigenvalue weighted by molar-refractivity contribution is 5.85. The van der Waals surface area contributed by atoms with Crippen LogP contribution in [0.15, 0.2) is 0 Å². The summed E-state index contributed by atoms with van der Waals surface area (Å²) in [5, 5.41) is 11.7. The Hall–Kier alpha value is -1.59. The van der Waals surface area contributed by atoms with E-state index in [-0.39, 0.29) is 30.2 Å². The number of likely N-dealkylation sites (tertiary alicyclic amines) is 1. The summed E-state index contributed by atoms with van der Waals surface area (Å²) in [6, 6.07) is 0. The molecule has 2 fully saturated rings. The van der Waals surface area contributed by atoms with Crippen molar-refractivity contribution in [1.29, 1.82) is 0 Å². The quantitative estimate of drug-likeness (QED) is 0.728. The molecule has 2 N–H and O–H groups in total. The van der Waals surface area contributed by atoms with Gasteiger partial charge in [-0.25, -0.2) is 0 Å². The summed E-state index contributed by atoms with van der Waals surface area (Å²) >= 11 is 0. The highest BCUT2D eigenvalue weighted by Gasteiger charge is 2.39. The fourth-order valence-corrected chi connectivity index (χ4v) is 2.80. The second kappa shape index (κ2) is 5.59. The van der Waals surface area contributed by atoms with Gasteiger partial charge in [-0.3, -0.25) is 14.4 Å². The Morgan fingerprint density at radius 1 is 1.32 bits per heavy atom. The molecule has 0 unspecified atom stereocenters. The number of carbonyl (C=O) groups is 3. The molecule has 2 amide bonds. The summed E-state index contributed by atoms with van der Waals surface area (Å²) in [7, 11) is 0.